The van der Waals surface area contributed by atoms with Gasteiger partial charge in [0.1, 0.15) is 5.82 Å². The van der Waals surface area contributed by atoms with Gasteiger partial charge in [-0.15, -0.1) is 11.6 Å². The summed E-state index contributed by atoms with van der Waals surface area (Å²) in [4.78, 5) is 11.7. The Hall–Kier alpha value is -1.13. The average molecular weight is 274 g/mol. The first-order chi connectivity index (χ1) is 8.65. The molecular weight excluding hydrogens is 257 g/mol. The number of carbonyl (C=O) groups is 1. The van der Waals surface area contributed by atoms with Gasteiger partial charge in [0, 0.05) is 19.0 Å². The van der Waals surface area contributed by atoms with Gasteiger partial charge in [0.15, 0.2) is 0 Å². The van der Waals surface area contributed by atoms with Gasteiger partial charge in [-0.2, -0.15) is 0 Å². The Balaban J connectivity index is 2.34. The SMILES string of the molecule is Cc1ccc(F)c(C(=O)NCCCOCCCl)c1. The summed E-state index contributed by atoms with van der Waals surface area (Å²) in [5.41, 5.74) is 0.934. The predicted octanol–water partition coefficient (Wildman–Crippen LogP) is 2.51. The first-order valence-corrected chi connectivity index (χ1v) is 6.36. The number of rotatable bonds is 7. The van der Waals surface area contributed by atoms with Crippen LogP contribution < -0.4 is 5.32 Å². The zero-order chi connectivity index (χ0) is 13.4. The number of halogens is 2. The molecule has 0 atom stereocenters. The summed E-state index contributed by atoms with van der Waals surface area (Å²) in [6.07, 6.45) is 0.677. The van der Waals surface area contributed by atoms with Crippen molar-refractivity contribution < 1.29 is 13.9 Å². The molecule has 0 fully saturated rings. The maximum Gasteiger partial charge on any atom is 0.254 e. The largest absolute Gasteiger partial charge is 0.380 e. The molecule has 0 aliphatic heterocycles. The fraction of sp³-hybridized carbons (Fsp3) is 0.462. The predicted molar refractivity (Wildman–Crippen MR) is 69.6 cm³/mol. The van der Waals surface area contributed by atoms with E-state index in [-0.39, 0.29) is 5.56 Å². The molecule has 0 saturated heterocycles. The zero-order valence-corrected chi connectivity index (χ0v) is 11.1. The number of nitrogens with one attached hydrogen (secondary N) is 1. The van der Waals surface area contributed by atoms with Crippen LogP contribution in [0.2, 0.25) is 0 Å². The van der Waals surface area contributed by atoms with Crippen LogP contribution >= 0.6 is 11.6 Å². The Morgan fingerprint density at radius 1 is 1.44 bits per heavy atom. The molecule has 0 unspecified atom stereocenters. The molecule has 1 amide bonds. The highest BCUT2D eigenvalue weighted by molar-refractivity contribution is 6.17. The van der Waals surface area contributed by atoms with E-state index in [9.17, 15) is 9.18 Å². The van der Waals surface area contributed by atoms with E-state index in [1.807, 2.05) is 6.92 Å². The standard InChI is InChI=1S/C13H17ClFNO2/c1-10-3-4-12(15)11(9-10)13(17)16-6-2-7-18-8-5-14/h3-4,9H,2,5-8H2,1H3,(H,16,17). The van der Waals surface area contributed by atoms with E-state index in [0.29, 0.717) is 32.1 Å². The number of aryl methyl sites for hydroxylation is 1. The Labute approximate surface area is 111 Å². The maximum atomic E-state index is 13.4. The van der Waals surface area contributed by atoms with Gasteiger partial charge < -0.3 is 10.1 Å². The van der Waals surface area contributed by atoms with Gasteiger partial charge in [0.2, 0.25) is 0 Å². The topological polar surface area (TPSA) is 38.3 Å². The van der Waals surface area contributed by atoms with Gasteiger partial charge in [-0.05, 0) is 25.5 Å². The lowest BCUT2D eigenvalue weighted by Crippen LogP contribution is -2.26. The van der Waals surface area contributed by atoms with Gasteiger partial charge in [-0.25, -0.2) is 4.39 Å². The van der Waals surface area contributed by atoms with E-state index in [1.54, 1.807) is 6.07 Å². The summed E-state index contributed by atoms with van der Waals surface area (Å²) in [5.74, 6) is -0.439. The average Bonchev–Trinajstić information content (AvgIpc) is 2.36. The smallest absolute Gasteiger partial charge is 0.254 e. The van der Waals surface area contributed by atoms with Crippen LogP contribution in [0.25, 0.3) is 0 Å². The van der Waals surface area contributed by atoms with E-state index in [2.05, 4.69) is 5.32 Å². The van der Waals surface area contributed by atoms with Crippen molar-refractivity contribution >= 4 is 17.5 Å². The second kappa shape index (κ2) is 8.06. The van der Waals surface area contributed by atoms with Crippen molar-refractivity contribution in [1.82, 2.24) is 5.32 Å². The highest BCUT2D eigenvalue weighted by Gasteiger charge is 2.10. The molecule has 1 rings (SSSR count). The van der Waals surface area contributed by atoms with E-state index in [4.69, 9.17) is 16.3 Å². The number of hydrogen-bond donors (Lipinski definition) is 1. The van der Waals surface area contributed by atoms with Crippen LogP contribution in [0.3, 0.4) is 0 Å². The van der Waals surface area contributed by atoms with E-state index in [0.717, 1.165) is 5.56 Å². The Morgan fingerprint density at radius 3 is 2.94 bits per heavy atom. The fourth-order valence-electron chi connectivity index (χ4n) is 1.44. The second-order valence-corrected chi connectivity index (χ2v) is 4.27. The minimum atomic E-state index is -0.503. The molecule has 18 heavy (non-hydrogen) atoms. The van der Waals surface area contributed by atoms with Gasteiger partial charge in [-0.1, -0.05) is 11.6 Å². The van der Waals surface area contributed by atoms with Gasteiger partial charge in [0.05, 0.1) is 12.2 Å². The number of hydrogen-bond acceptors (Lipinski definition) is 2. The quantitative estimate of drug-likeness (QED) is 0.612. The number of alkyl halides is 1. The monoisotopic (exact) mass is 273 g/mol. The molecule has 1 aromatic carbocycles. The molecule has 0 heterocycles. The van der Waals surface area contributed by atoms with Crippen molar-refractivity contribution in [3.05, 3.63) is 35.1 Å². The molecule has 0 bridgehead atoms. The number of amides is 1. The minimum absolute atomic E-state index is 0.0803. The van der Waals surface area contributed by atoms with Crippen molar-refractivity contribution in [3.8, 4) is 0 Å². The van der Waals surface area contributed by atoms with E-state index in [1.165, 1.54) is 12.1 Å². The normalized spacial score (nSPS) is 10.4. The lowest BCUT2D eigenvalue weighted by atomic mass is 10.1. The first kappa shape index (κ1) is 14.9. The van der Waals surface area contributed by atoms with Gasteiger partial charge in [-0.3, -0.25) is 4.79 Å². The summed E-state index contributed by atoms with van der Waals surface area (Å²) in [5, 5.41) is 2.65. The van der Waals surface area contributed by atoms with Crippen molar-refractivity contribution in [1.29, 1.82) is 0 Å². The molecule has 0 aliphatic rings. The van der Waals surface area contributed by atoms with Gasteiger partial charge in [0.25, 0.3) is 5.91 Å². The van der Waals surface area contributed by atoms with Crippen LogP contribution in [0.15, 0.2) is 18.2 Å². The third-order valence-electron chi connectivity index (χ3n) is 2.34. The third-order valence-corrected chi connectivity index (χ3v) is 2.49. The van der Waals surface area contributed by atoms with Crippen molar-refractivity contribution in [3.63, 3.8) is 0 Å². The van der Waals surface area contributed by atoms with Crippen LogP contribution in [0.1, 0.15) is 22.3 Å². The van der Waals surface area contributed by atoms with Crippen LogP contribution in [0.4, 0.5) is 4.39 Å². The lowest BCUT2D eigenvalue weighted by Gasteiger charge is -2.07. The van der Waals surface area contributed by atoms with E-state index >= 15 is 0 Å². The number of carbonyl (C=O) groups excluding carboxylic acids is 1. The van der Waals surface area contributed by atoms with Crippen LogP contribution in [0, 0.1) is 12.7 Å². The van der Waals surface area contributed by atoms with Crippen molar-refractivity contribution in [2.75, 3.05) is 25.6 Å². The molecule has 0 aromatic heterocycles. The molecule has 0 aliphatic carbocycles. The lowest BCUT2D eigenvalue weighted by molar-refractivity contribution is 0.0940. The highest BCUT2D eigenvalue weighted by Crippen LogP contribution is 2.09. The minimum Gasteiger partial charge on any atom is -0.380 e. The molecule has 1 N–H and O–H groups in total. The molecular formula is C13H17ClFNO2. The number of benzene rings is 1. The van der Waals surface area contributed by atoms with Crippen LogP contribution in [-0.4, -0.2) is 31.5 Å². The summed E-state index contributed by atoms with van der Waals surface area (Å²) in [6.45, 7) is 3.30. The molecule has 0 radical (unpaired) electrons. The van der Waals surface area contributed by atoms with Crippen LogP contribution in [0.5, 0.6) is 0 Å². The molecule has 100 valence electrons. The van der Waals surface area contributed by atoms with Crippen molar-refractivity contribution in [2.45, 2.75) is 13.3 Å². The molecule has 3 nitrogen and oxygen atoms in total. The first-order valence-electron chi connectivity index (χ1n) is 5.83. The fourth-order valence-corrected chi connectivity index (χ4v) is 1.55. The zero-order valence-electron chi connectivity index (χ0n) is 10.3. The van der Waals surface area contributed by atoms with Crippen LogP contribution in [-0.2, 0) is 4.74 Å². The number of ether oxygens (including phenoxy) is 1. The second-order valence-electron chi connectivity index (χ2n) is 3.89. The highest BCUT2D eigenvalue weighted by atomic mass is 35.5. The Kier molecular flexibility index (Phi) is 6.68. The maximum absolute atomic E-state index is 13.4. The summed E-state index contributed by atoms with van der Waals surface area (Å²) >= 11 is 5.44. The summed E-state index contributed by atoms with van der Waals surface area (Å²) in [6, 6.07) is 4.47. The Morgan fingerprint density at radius 2 is 2.22 bits per heavy atom. The molecule has 0 spiro atoms. The van der Waals surface area contributed by atoms with Crippen molar-refractivity contribution in [2.24, 2.45) is 0 Å². The Bertz CT molecular complexity index is 399. The third kappa shape index (κ3) is 5.02. The van der Waals surface area contributed by atoms with Gasteiger partial charge >= 0.3 is 0 Å². The summed E-state index contributed by atoms with van der Waals surface area (Å²) in [7, 11) is 0. The molecule has 5 heteroatoms. The van der Waals surface area contributed by atoms with E-state index < -0.39 is 11.7 Å². The molecule has 0 saturated carbocycles. The summed E-state index contributed by atoms with van der Waals surface area (Å²) < 4.78 is 18.6. The molecule has 1 aromatic rings.